The molecule has 3 heterocycles. The fraction of sp³-hybridized carbons (Fsp3) is 0.0435. The van der Waals surface area contributed by atoms with Gasteiger partial charge in [-0.1, -0.05) is 18.2 Å². The second kappa shape index (κ2) is 8.38. The summed E-state index contributed by atoms with van der Waals surface area (Å²) in [5.41, 5.74) is 1.87. The summed E-state index contributed by atoms with van der Waals surface area (Å²) in [5, 5.41) is 0. The molecular weight excluding hydrogens is 416 g/mol. The van der Waals surface area contributed by atoms with E-state index in [1.807, 2.05) is 0 Å². The first-order valence-electron chi connectivity index (χ1n) is 9.60. The molecule has 3 aromatic heterocycles. The third-order valence-corrected chi connectivity index (χ3v) is 4.62. The highest BCUT2D eigenvalue weighted by molar-refractivity contribution is 5.60. The predicted molar refractivity (Wildman–Crippen MR) is 111 cm³/mol. The van der Waals surface area contributed by atoms with E-state index >= 15 is 0 Å². The number of ether oxygens (including phenoxy) is 2. The Labute approximate surface area is 181 Å². The first-order chi connectivity index (χ1) is 15.7. The number of rotatable bonds is 6. The lowest BCUT2D eigenvalue weighted by Crippen LogP contribution is -2.02. The van der Waals surface area contributed by atoms with Gasteiger partial charge in [-0.2, -0.15) is 4.98 Å². The predicted octanol–water partition coefficient (Wildman–Crippen LogP) is 4.84. The summed E-state index contributed by atoms with van der Waals surface area (Å²) in [4.78, 5) is 16.6. The van der Waals surface area contributed by atoms with Crippen molar-refractivity contribution in [3.05, 3.63) is 96.8 Å². The third-order valence-electron chi connectivity index (χ3n) is 4.62. The Kier molecular flexibility index (Phi) is 5.12. The van der Waals surface area contributed by atoms with Crippen LogP contribution in [-0.4, -0.2) is 24.3 Å². The van der Waals surface area contributed by atoms with Crippen LogP contribution < -0.4 is 9.47 Å². The Morgan fingerprint density at radius 1 is 0.906 bits per heavy atom. The second-order valence-corrected chi connectivity index (χ2v) is 6.80. The van der Waals surface area contributed by atoms with Gasteiger partial charge in [-0.05, 0) is 29.8 Å². The monoisotopic (exact) mass is 431 g/mol. The van der Waals surface area contributed by atoms with E-state index in [1.54, 1.807) is 65.6 Å². The molecule has 0 radical (unpaired) electrons. The van der Waals surface area contributed by atoms with Crippen molar-refractivity contribution in [3.63, 3.8) is 0 Å². The average molecular weight is 431 g/mol. The van der Waals surface area contributed by atoms with Gasteiger partial charge >= 0.3 is 0 Å². The maximum atomic E-state index is 14.4. The van der Waals surface area contributed by atoms with E-state index in [0.717, 1.165) is 11.3 Å². The molecule has 0 atom stereocenters. The third kappa shape index (κ3) is 3.95. The molecule has 0 aliphatic rings. The van der Waals surface area contributed by atoms with Crippen LogP contribution in [0.25, 0.3) is 17.0 Å². The van der Waals surface area contributed by atoms with Crippen LogP contribution in [0.2, 0.25) is 0 Å². The van der Waals surface area contributed by atoms with Crippen molar-refractivity contribution in [1.82, 2.24) is 24.3 Å². The normalized spacial score (nSPS) is 10.9. The lowest BCUT2D eigenvalue weighted by Gasteiger charge is -2.11. The number of halogens is 2. The number of aromatic nitrogens is 5. The van der Waals surface area contributed by atoms with Crippen molar-refractivity contribution in [2.24, 2.45) is 0 Å². The fourth-order valence-electron chi connectivity index (χ4n) is 3.14. The lowest BCUT2D eigenvalue weighted by molar-refractivity contribution is 0.292. The molecule has 5 aromatic rings. The van der Waals surface area contributed by atoms with E-state index in [4.69, 9.17) is 9.47 Å². The number of hydrogen-bond donors (Lipinski definition) is 0. The molecule has 0 amide bonds. The summed E-state index contributed by atoms with van der Waals surface area (Å²) in [6.45, 7) is -0.0806. The molecule has 0 aliphatic heterocycles. The summed E-state index contributed by atoms with van der Waals surface area (Å²) < 4.78 is 41.6. The number of fused-ring (bicyclic) bond motifs is 1. The number of nitrogens with zero attached hydrogens (tertiary/aromatic N) is 5. The van der Waals surface area contributed by atoms with Gasteiger partial charge in [0.15, 0.2) is 17.4 Å². The molecule has 158 valence electrons. The highest BCUT2D eigenvalue weighted by Crippen LogP contribution is 2.29. The minimum atomic E-state index is -0.821. The van der Waals surface area contributed by atoms with Gasteiger partial charge in [0, 0.05) is 30.2 Å². The quantitative estimate of drug-likeness (QED) is 0.383. The van der Waals surface area contributed by atoms with Gasteiger partial charge in [0.25, 0.3) is 0 Å². The topological polar surface area (TPSA) is 74.4 Å². The molecule has 5 rings (SSSR count). The number of para-hydroxylation sites is 1. The molecule has 2 aromatic carbocycles. The number of benzene rings is 2. The molecule has 0 fully saturated rings. The van der Waals surface area contributed by atoms with Crippen LogP contribution in [0.1, 0.15) is 5.56 Å². The van der Waals surface area contributed by atoms with Crippen LogP contribution in [-0.2, 0) is 6.61 Å². The van der Waals surface area contributed by atoms with Crippen LogP contribution in [0, 0.1) is 11.6 Å². The molecule has 0 spiro atoms. The van der Waals surface area contributed by atoms with Crippen LogP contribution in [0.15, 0.2) is 79.6 Å². The van der Waals surface area contributed by atoms with Gasteiger partial charge in [0.1, 0.15) is 18.7 Å². The SMILES string of the molecule is Fc1cc(COc2ccn3c(-c4cncnc4)cnc3n2)cc(F)c1Oc1ccccc1. The standard InChI is InChI=1S/C23H15F2N5O2/c24-18-8-15(9-19(25)22(18)32-17-4-2-1-3-5-17)13-31-21-6-7-30-20(12-28-23(30)29-21)16-10-26-14-27-11-16/h1-12,14H,13H2. The van der Waals surface area contributed by atoms with Crippen molar-refractivity contribution in [3.8, 4) is 28.6 Å². The van der Waals surface area contributed by atoms with Crippen molar-refractivity contribution < 1.29 is 18.3 Å². The van der Waals surface area contributed by atoms with E-state index < -0.39 is 17.4 Å². The summed E-state index contributed by atoms with van der Waals surface area (Å²) >= 11 is 0. The second-order valence-electron chi connectivity index (χ2n) is 6.80. The molecule has 0 saturated heterocycles. The zero-order valence-corrected chi connectivity index (χ0v) is 16.5. The Bertz CT molecular complexity index is 1350. The van der Waals surface area contributed by atoms with Gasteiger partial charge in [-0.15, -0.1) is 0 Å². The molecule has 0 unspecified atom stereocenters. The molecule has 0 aliphatic carbocycles. The Balaban J connectivity index is 1.32. The summed E-state index contributed by atoms with van der Waals surface area (Å²) in [5.74, 6) is -1.09. The molecule has 7 nitrogen and oxygen atoms in total. The van der Waals surface area contributed by atoms with E-state index in [2.05, 4.69) is 19.9 Å². The van der Waals surface area contributed by atoms with Gasteiger partial charge in [-0.3, -0.25) is 4.40 Å². The Hall–Kier alpha value is -4.40. The van der Waals surface area contributed by atoms with E-state index in [0.29, 0.717) is 17.1 Å². The zero-order chi connectivity index (χ0) is 21.9. The first-order valence-corrected chi connectivity index (χ1v) is 9.60. The van der Waals surface area contributed by atoms with Gasteiger partial charge in [0.05, 0.1) is 11.9 Å². The molecule has 32 heavy (non-hydrogen) atoms. The maximum Gasteiger partial charge on any atom is 0.237 e. The van der Waals surface area contributed by atoms with Crippen LogP contribution in [0.3, 0.4) is 0 Å². The molecule has 0 N–H and O–H groups in total. The van der Waals surface area contributed by atoms with Crippen LogP contribution in [0.4, 0.5) is 8.78 Å². The van der Waals surface area contributed by atoms with Crippen molar-refractivity contribution >= 4 is 5.78 Å². The van der Waals surface area contributed by atoms with E-state index in [-0.39, 0.29) is 12.5 Å². The molecule has 0 bridgehead atoms. The summed E-state index contributed by atoms with van der Waals surface area (Å²) in [6, 6.07) is 12.4. The van der Waals surface area contributed by atoms with Crippen LogP contribution >= 0.6 is 0 Å². The Morgan fingerprint density at radius 2 is 1.66 bits per heavy atom. The summed E-state index contributed by atoms with van der Waals surface area (Å²) in [7, 11) is 0. The molecular formula is C23H15F2N5O2. The Morgan fingerprint density at radius 3 is 2.41 bits per heavy atom. The maximum absolute atomic E-state index is 14.4. The fourth-order valence-corrected chi connectivity index (χ4v) is 3.14. The lowest BCUT2D eigenvalue weighted by atomic mass is 10.2. The van der Waals surface area contributed by atoms with Gasteiger partial charge < -0.3 is 9.47 Å². The zero-order valence-electron chi connectivity index (χ0n) is 16.5. The molecule has 0 saturated carbocycles. The van der Waals surface area contributed by atoms with Crippen molar-refractivity contribution in [2.45, 2.75) is 6.61 Å². The van der Waals surface area contributed by atoms with Crippen LogP contribution in [0.5, 0.6) is 17.4 Å². The van der Waals surface area contributed by atoms with Gasteiger partial charge in [-0.25, -0.2) is 23.7 Å². The molecule has 9 heteroatoms. The van der Waals surface area contributed by atoms with E-state index in [9.17, 15) is 8.78 Å². The van der Waals surface area contributed by atoms with Crippen molar-refractivity contribution in [1.29, 1.82) is 0 Å². The average Bonchev–Trinajstić information content (AvgIpc) is 3.25. The smallest absolute Gasteiger partial charge is 0.237 e. The highest BCUT2D eigenvalue weighted by Gasteiger charge is 2.15. The first kappa shape index (κ1) is 19.6. The highest BCUT2D eigenvalue weighted by atomic mass is 19.1. The number of hydrogen-bond acceptors (Lipinski definition) is 6. The minimum absolute atomic E-state index is 0.0806. The number of imidazole rings is 1. The van der Waals surface area contributed by atoms with Crippen molar-refractivity contribution in [2.75, 3.05) is 0 Å². The van der Waals surface area contributed by atoms with Gasteiger partial charge in [0.2, 0.25) is 11.7 Å². The minimum Gasteiger partial charge on any atom is -0.473 e. The van der Waals surface area contributed by atoms with E-state index in [1.165, 1.54) is 18.5 Å². The largest absolute Gasteiger partial charge is 0.473 e. The summed E-state index contributed by atoms with van der Waals surface area (Å²) in [6.07, 6.45) is 8.19.